The second kappa shape index (κ2) is 9.06. The zero-order valence-electron chi connectivity index (χ0n) is 17.4. The lowest BCUT2D eigenvalue weighted by Crippen LogP contribution is -2.47. The summed E-state index contributed by atoms with van der Waals surface area (Å²) in [5.41, 5.74) is 2.08. The fourth-order valence-electron chi connectivity index (χ4n) is 3.89. The number of nitrogens with zero attached hydrogens (tertiary/aromatic N) is 2. The van der Waals surface area contributed by atoms with Gasteiger partial charge < -0.3 is 19.7 Å². The summed E-state index contributed by atoms with van der Waals surface area (Å²) >= 11 is 0. The van der Waals surface area contributed by atoms with Gasteiger partial charge in [0, 0.05) is 20.2 Å². The molecule has 2 heterocycles. The van der Waals surface area contributed by atoms with E-state index >= 15 is 0 Å². The molecule has 1 atom stereocenters. The van der Waals surface area contributed by atoms with Crippen molar-refractivity contribution in [2.75, 3.05) is 33.4 Å². The van der Waals surface area contributed by atoms with E-state index in [1.807, 2.05) is 54.6 Å². The summed E-state index contributed by atoms with van der Waals surface area (Å²) in [4.78, 5) is 29.4. The lowest BCUT2D eigenvalue weighted by Gasteiger charge is -2.33. The predicted octanol–water partition coefficient (Wildman–Crippen LogP) is 3.47. The molecule has 0 saturated heterocycles. The Labute approximate surface area is 181 Å². The Kier molecular flexibility index (Phi) is 6.04. The van der Waals surface area contributed by atoms with Gasteiger partial charge >= 0.3 is 6.03 Å². The molecule has 7 heteroatoms. The van der Waals surface area contributed by atoms with E-state index in [-0.39, 0.29) is 11.9 Å². The van der Waals surface area contributed by atoms with Gasteiger partial charge in [-0.2, -0.15) is 0 Å². The smallest absolute Gasteiger partial charge is 0.322 e. The Morgan fingerprint density at radius 1 is 1.13 bits per heavy atom. The van der Waals surface area contributed by atoms with E-state index in [2.05, 4.69) is 11.9 Å². The van der Waals surface area contributed by atoms with E-state index in [0.717, 1.165) is 5.56 Å². The molecule has 0 radical (unpaired) electrons. The van der Waals surface area contributed by atoms with Crippen LogP contribution >= 0.6 is 0 Å². The van der Waals surface area contributed by atoms with E-state index in [9.17, 15) is 9.59 Å². The van der Waals surface area contributed by atoms with Gasteiger partial charge in [0.1, 0.15) is 11.5 Å². The number of rotatable bonds is 8. The van der Waals surface area contributed by atoms with Crippen molar-refractivity contribution in [1.82, 2.24) is 15.1 Å². The van der Waals surface area contributed by atoms with E-state index in [0.29, 0.717) is 49.0 Å². The second-order valence-electron chi connectivity index (χ2n) is 7.35. The highest BCUT2D eigenvalue weighted by atomic mass is 16.5. The first kappa shape index (κ1) is 20.7. The van der Waals surface area contributed by atoms with Crippen LogP contribution in [0.5, 0.6) is 11.5 Å². The molecule has 4 rings (SSSR count). The zero-order valence-corrected chi connectivity index (χ0v) is 17.4. The molecule has 0 aliphatic carbocycles. The number of urea groups is 1. The van der Waals surface area contributed by atoms with Crippen molar-refractivity contribution >= 4 is 11.9 Å². The maximum atomic E-state index is 13.2. The molecule has 3 amide bonds. The third-order valence-corrected chi connectivity index (χ3v) is 5.34. The molecule has 2 aliphatic rings. The fourth-order valence-corrected chi connectivity index (χ4v) is 3.89. The molecule has 0 spiro atoms. The van der Waals surface area contributed by atoms with Gasteiger partial charge in [0.15, 0.2) is 0 Å². The van der Waals surface area contributed by atoms with Crippen LogP contribution in [0.2, 0.25) is 0 Å². The molecule has 0 bridgehead atoms. The van der Waals surface area contributed by atoms with Crippen LogP contribution in [-0.2, 0) is 9.53 Å². The summed E-state index contributed by atoms with van der Waals surface area (Å²) in [7, 11) is 1.60. The van der Waals surface area contributed by atoms with Crippen molar-refractivity contribution in [1.29, 1.82) is 0 Å². The first-order valence-electron chi connectivity index (χ1n) is 10.2. The SMILES string of the molecule is C=CCN1C(=O)NC(c2cccc(Oc3ccccc3)c2)C2=C1CN(CCOC)C2=O. The first-order valence-corrected chi connectivity index (χ1v) is 10.2. The van der Waals surface area contributed by atoms with Gasteiger partial charge in [0.2, 0.25) is 0 Å². The monoisotopic (exact) mass is 419 g/mol. The van der Waals surface area contributed by atoms with Crippen LogP contribution in [0, 0.1) is 0 Å². The molecule has 0 fully saturated rings. The summed E-state index contributed by atoms with van der Waals surface area (Å²) in [6.07, 6.45) is 1.65. The van der Waals surface area contributed by atoms with Crippen LogP contribution in [0.15, 0.2) is 78.5 Å². The topological polar surface area (TPSA) is 71.1 Å². The van der Waals surface area contributed by atoms with Crippen molar-refractivity contribution < 1.29 is 19.1 Å². The highest BCUT2D eigenvalue weighted by Crippen LogP contribution is 2.37. The van der Waals surface area contributed by atoms with Crippen LogP contribution in [0.4, 0.5) is 4.79 Å². The number of amides is 3. The predicted molar refractivity (Wildman–Crippen MR) is 117 cm³/mol. The van der Waals surface area contributed by atoms with Crippen LogP contribution < -0.4 is 10.1 Å². The van der Waals surface area contributed by atoms with Gasteiger partial charge in [0.25, 0.3) is 5.91 Å². The maximum Gasteiger partial charge on any atom is 0.322 e. The molecule has 7 nitrogen and oxygen atoms in total. The number of methoxy groups -OCH3 is 1. The number of benzene rings is 2. The van der Waals surface area contributed by atoms with E-state index in [4.69, 9.17) is 9.47 Å². The summed E-state index contributed by atoms with van der Waals surface area (Å²) in [5, 5.41) is 2.98. The zero-order chi connectivity index (χ0) is 21.8. The quantitative estimate of drug-likeness (QED) is 0.665. The van der Waals surface area contributed by atoms with Crippen LogP contribution in [0.3, 0.4) is 0 Å². The Bertz CT molecular complexity index is 1020. The molecular formula is C24H25N3O4. The summed E-state index contributed by atoms with van der Waals surface area (Å²) in [6.45, 7) is 5.34. The summed E-state index contributed by atoms with van der Waals surface area (Å²) in [5.74, 6) is 1.25. The number of ether oxygens (including phenoxy) is 2. The highest BCUT2D eigenvalue weighted by Gasteiger charge is 2.43. The van der Waals surface area contributed by atoms with Gasteiger partial charge in [-0.15, -0.1) is 6.58 Å². The highest BCUT2D eigenvalue weighted by molar-refractivity contribution is 6.01. The average molecular weight is 419 g/mol. The minimum absolute atomic E-state index is 0.0968. The van der Waals surface area contributed by atoms with Crippen molar-refractivity contribution in [3.05, 3.63) is 84.1 Å². The van der Waals surface area contributed by atoms with Crippen LogP contribution in [0.25, 0.3) is 0 Å². The minimum atomic E-state index is -0.553. The van der Waals surface area contributed by atoms with Crippen molar-refractivity contribution in [3.63, 3.8) is 0 Å². The Hall–Kier alpha value is -3.58. The molecule has 1 unspecified atom stereocenters. The number of hydrogen-bond donors (Lipinski definition) is 1. The van der Waals surface area contributed by atoms with E-state index < -0.39 is 6.04 Å². The lowest BCUT2D eigenvalue weighted by atomic mass is 9.95. The maximum absolute atomic E-state index is 13.2. The van der Waals surface area contributed by atoms with Gasteiger partial charge in [-0.1, -0.05) is 36.4 Å². The Balaban J connectivity index is 1.67. The molecule has 0 saturated carbocycles. The standard InChI is InChI=1S/C24H25N3O4/c1-3-12-27-20-16-26(13-14-30-2)23(28)21(20)22(25-24(27)29)17-8-7-11-19(15-17)31-18-9-5-4-6-10-18/h3-11,15,22H,1,12-14,16H2,2H3,(H,25,29). The third-order valence-electron chi connectivity index (χ3n) is 5.34. The number of para-hydroxylation sites is 1. The summed E-state index contributed by atoms with van der Waals surface area (Å²) in [6, 6.07) is 16.1. The number of carbonyl (C=O) groups is 2. The largest absolute Gasteiger partial charge is 0.457 e. The van der Waals surface area contributed by atoms with E-state index in [1.54, 1.807) is 23.0 Å². The molecule has 2 aromatic carbocycles. The first-order chi connectivity index (χ1) is 15.1. The average Bonchev–Trinajstić information content (AvgIpc) is 3.11. The lowest BCUT2D eigenvalue weighted by molar-refractivity contribution is -0.126. The number of hydrogen-bond acceptors (Lipinski definition) is 4. The van der Waals surface area contributed by atoms with Crippen molar-refractivity contribution in [3.8, 4) is 11.5 Å². The van der Waals surface area contributed by atoms with Crippen molar-refractivity contribution in [2.45, 2.75) is 6.04 Å². The van der Waals surface area contributed by atoms with E-state index in [1.165, 1.54) is 0 Å². The molecule has 0 aromatic heterocycles. The Morgan fingerprint density at radius 2 is 1.90 bits per heavy atom. The van der Waals surface area contributed by atoms with Gasteiger partial charge in [-0.05, 0) is 29.8 Å². The molecule has 2 aromatic rings. The molecule has 2 aliphatic heterocycles. The van der Waals surface area contributed by atoms with Gasteiger partial charge in [-0.25, -0.2) is 4.79 Å². The second-order valence-corrected chi connectivity index (χ2v) is 7.35. The van der Waals surface area contributed by atoms with Crippen LogP contribution in [-0.4, -0.2) is 55.1 Å². The van der Waals surface area contributed by atoms with Gasteiger partial charge in [0.05, 0.1) is 30.5 Å². The minimum Gasteiger partial charge on any atom is -0.457 e. The fraction of sp³-hybridized carbons (Fsp3) is 0.250. The van der Waals surface area contributed by atoms with Crippen molar-refractivity contribution in [2.24, 2.45) is 0 Å². The molecular weight excluding hydrogens is 394 g/mol. The van der Waals surface area contributed by atoms with Crippen LogP contribution in [0.1, 0.15) is 11.6 Å². The number of carbonyl (C=O) groups excluding carboxylic acids is 2. The molecule has 1 N–H and O–H groups in total. The summed E-state index contributed by atoms with van der Waals surface area (Å²) < 4.78 is 11.1. The normalized spacial score (nSPS) is 18.2. The molecule has 31 heavy (non-hydrogen) atoms. The van der Waals surface area contributed by atoms with Gasteiger partial charge in [-0.3, -0.25) is 9.69 Å². The Morgan fingerprint density at radius 3 is 2.65 bits per heavy atom. The third kappa shape index (κ3) is 4.18. The molecule has 160 valence electrons. The number of nitrogens with one attached hydrogen (secondary N) is 1.